The number of pyridine rings is 2. The minimum atomic E-state index is -0.714. The van der Waals surface area contributed by atoms with E-state index >= 15 is 0 Å². The summed E-state index contributed by atoms with van der Waals surface area (Å²) in [5, 5.41) is 24.5. The lowest BCUT2D eigenvalue weighted by Crippen LogP contribution is -2.51. The largest absolute Gasteiger partial charge is 0.441 e. The van der Waals surface area contributed by atoms with Gasteiger partial charge in [0.1, 0.15) is 11.3 Å². The van der Waals surface area contributed by atoms with Crippen molar-refractivity contribution in [2.75, 3.05) is 10.6 Å². The molecular weight excluding hydrogens is 498 g/mol. The van der Waals surface area contributed by atoms with Gasteiger partial charge in [0.2, 0.25) is 5.91 Å². The molecule has 0 aliphatic heterocycles. The second kappa shape index (κ2) is 9.71. The Morgan fingerprint density at radius 1 is 1.11 bits per heavy atom. The van der Waals surface area contributed by atoms with E-state index in [1.54, 1.807) is 50.6 Å². The molecule has 0 spiro atoms. The molecule has 3 N–H and O–H groups in total. The standard InChI is InChI=1S/C25H28ClN7O4/c1-15(17-4-3-13-27-20(17)26)37-23(35)30-21-19(31-32-33(21)2)18-6-5-16(14-28-18)29-22(34)24-7-10-25(36,11-8-24)12-9-24/h3-6,13-15,36H,7-12H2,1-2H3,(H,29,34)(H,30,35)/t15-,24?,25?/m1/s1. The average Bonchev–Trinajstić information content (AvgIpc) is 3.25. The summed E-state index contributed by atoms with van der Waals surface area (Å²) < 4.78 is 6.86. The lowest BCUT2D eigenvalue weighted by Gasteiger charge is -2.49. The molecule has 2 amide bonds. The minimum absolute atomic E-state index is 0.0313. The molecule has 3 aromatic heterocycles. The van der Waals surface area contributed by atoms with Crippen molar-refractivity contribution in [1.82, 2.24) is 25.0 Å². The predicted molar refractivity (Wildman–Crippen MR) is 136 cm³/mol. The first-order chi connectivity index (χ1) is 17.7. The minimum Gasteiger partial charge on any atom is -0.441 e. The van der Waals surface area contributed by atoms with Gasteiger partial charge in [0.05, 0.1) is 23.2 Å². The van der Waals surface area contributed by atoms with Gasteiger partial charge in [-0.1, -0.05) is 22.9 Å². The van der Waals surface area contributed by atoms with E-state index in [0.717, 1.165) is 0 Å². The van der Waals surface area contributed by atoms with Gasteiger partial charge in [0.15, 0.2) is 11.5 Å². The van der Waals surface area contributed by atoms with Crippen molar-refractivity contribution >= 4 is 35.1 Å². The van der Waals surface area contributed by atoms with Crippen molar-refractivity contribution in [1.29, 1.82) is 0 Å². The fourth-order valence-electron chi connectivity index (χ4n) is 5.10. The molecule has 3 aliphatic carbocycles. The second-order valence-corrected chi connectivity index (χ2v) is 10.2. The number of ether oxygens (including phenoxy) is 1. The van der Waals surface area contributed by atoms with E-state index in [9.17, 15) is 14.7 Å². The van der Waals surface area contributed by atoms with Crippen LogP contribution in [-0.2, 0) is 16.6 Å². The molecular formula is C25H28ClN7O4. The maximum atomic E-state index is 13.1. The van der Waals surface area contributed by atoms with Gasteiger partial charge in [-0.05, 0) is 63.6 Å². The number of carbonyl (C=O) groups is 2. The Morgan fingerprint density at radius 2 is 1.84 bits per heavy atom. The number of anilines is 2. The molecule has 37 heavy (non-hydrogen) atoms. The monoisotopic (exact) mass is 525 g/mol. The average molecular weight is 526 g/mol. The Labute approximate surface area is 218 Å². The van der Waals surface area contributed by atoms with E-state index in [0.29, 0.717) is 67.0 Å². The quantitative estimate of drug-likeness (QED) is 0.405. The van der Waals surface area contributed by atoms with Crippen molar-refractivity contribution < 1.29 is 19.4 Å². The molecule has 1 atom stereocenters. The molecule has 0 saturated heterocycles. The molecule has 0 aromatic carbocycles. The lowest BCUT2D eigenvalue weighted by atomic mass is 9.58. The first-order valence-electron chi connectivity index (χ1n) is 12.2. The molecule has 12 heteroatoms. The summed E-state index contributed by atoms with van der Waals surface area (Å²) in [6, 6.07) is 6.88. The zero-order valence-electron chi connectivity index (χ0n) is 20.6. The van der Waals surface area contributed by atoms with Crippen molar-refractivity contribution in [2.24, 2.45) is 12.5 Å². The summed E-state index contributed by atoms with van der Waals surface area (Å²) in [6.45, 7) is 1.69. The zero-order chi connectivity index (χ0) is 26.2. The van der Waals surface area contributed by atoms with E-state index in [1.165, 1.54) is 4.68 Å². The third kappa shape index (κ3) is 5.01. The number of nitrogens with zero attached hydrogens (tertiary/aromatic N) is 5. The van der Waals surface area contributed by atoms with Crippen LogP contribution in [0, 0.1) is 5.41 Å². The third-order valence-electron chi connectivity index (χ3n) is 7.51. The summed E-state index contributed by atoms with van der Waals surface area (Å²) in [6.07, 6.45) is 5.83. The van der Waals surface area contributed by atoms with Gasteiger partial charge in [-0.15, -0.1) is 5.10 Å². The molecule has 3 heterocycles. The van der Waals surface area contributed by atoms with Crippen LogP contribution >= 0.6 is 11.6 Å². The second-order valence-electron chi connectivity index (χ2n) is 9.86. The number of aromatic nitrogens is 5. The molecule has 2 bridgehead atoms. The van der Waals surface area contributed by atoms with Crippen LogP contribution in [0.25, 0.3) is 11.4 Å². The van der Waals surface area contributed by atoms with Crippen molar-refractivity contribution in [3.8, 4) is 11.4 Å². The summed E-state index contributed by atoms with van der Waals surface area (Å²) in [5.41, 5.74) is 0.936. The van der Waals surface area contributed by atoms with E-state index in [1.807, 2.05) is 0 Å². The normalized spacial score (nSPS) is 23.4. The van der Waals surface area contributed by atoms with Gasteiger partial charge in [-0.3, -0.25) is 15.1 Å². The lowest BCUT2D eigenvalue weighted by molar-refractivity contribution is -0.142. The smallest absolute Gasteiger partial charge is 0.413 e. The number of fused-ring (bicyclic) bond motifs is 3. The van der Waals surface area contributed by atoms with Crippen molar-refractivity contribution in [2.45, 2.75) is 57.2 Å². The number of halogens is 1. The first-order valence-corrected chi connectivity index (χ1v) is 12.5. The van der Waals surface area contributed by atoms with Gasteiger partial charge in [-0.2, -0.15) is 0 Å². The van der Waals surface area contributed by atoms with Crippen LogP contribution in [0.1, 0.15) is 57.1 Å². The van der Waals surface area contributed by atoms with E-state index < -0.39 is 23.2 Å². The van der Waals surface area contributed by atoms with Crippen LogP contribution in [0.5, 0.6) is 0 Å². The SMILES string of the molecule is C[C@@H](OC(=O)Nc1c(-c2ccc(NC(=O)C34CCC(O)(CC3)CC4)cn2)nnn1C)c1cccnc1Cl. The molecule has 11 nitrogen and oxygen atoms in total. The number of aryl methyl sites for hydroxylation is 1. The summed E-state index contributed by atoms with van der Waals surface area (Å²) in [4.78, 5) is 34.1. The van der Waals surface area contributed by atoms with Crippen molar-refractivity contribution in [3.05, 3.63) is 47.4 Å². The highest BCUT2D eigenvalue weighted by molar-refractivity contribution is 6.30. The molecule has 3 saturated carbocycles. The molecule has 3 aliphatic rings. The van der Waals surface area contributed by atoms with E-state index in [2.05, 4.69) is 30.9 Å². The molecule has 3 aromatic rings. The number of amides is 2. The van der Waals surface area contributed by atoms with Gasteiger partial charge >= 0.3 is 6.09 Å². The predicted octanol–water partition coefficient (Wildman–Crippen LogP) is 4.26. The van der Waals surface area contributed by atoms with Crippen LogP contribution in [-0.4, -0.2) is 47.7 Å². The summed E-state index contributed by atoms with van der Waals surface area (Å²) in [7, 11) is 1.64. The Morgan fingerprint density at radius 3 is 2.49 bits per heavy atom. The number of carbonyl (C=O) groups excluding carboxylic acids is 2. The zero-order valence-corrected chi connectivity index (χ0v) is 21.3. The summed E-state index contributed by atoms with van der Waals surface area (Å²) in [5.74, 6) is 0.269. The molecule has 6 rings (SSSR count). The first kappa shape index (κ1) is 25.1. The van der Waals surface area contributed by atoms with Gasteiger partial charge < -0.3 is 15.2 Å². The molecule has 0 unspecified atom stereocenters. The maximum absolute atomic E-state index is 13.1. The molecule has 0 radical (unpaired) electrons. The number of rotatable bonds is 6. The van der Waals surface area contributed by atoms with Crippen LogP contribution in [0.4, 0.5) is 16.3 Å². The Bertz CT molecular complexity index is 1300. The van der Waals surface area contributed by atoms with Gasteiger partial charge in [0.25, 0.3) is 0 Å². The molecule has 3 fully saturated rings. The molecule has 194 valence electrons. The number of hydrogen-bond donors (Lipinski definition) is 3. The van der Waals surface area contributed by atoms with Gasteiger partial charge in [0, 0.05) is 24.2 Å². The maximum Gasteiger partial charge on any atom is 0.413 e. The van der Waals surface area contributed by atoms with Crippen LogP contribution < -0.4 is 10.6 Å². The number of aliphatic hydroxyl groups is 1. The summed E-state index contributed by atoms with van der Waals surface area (Å²) >= 11 is 6.10. The highest BCUT2D eigenvalue weighted by Crippen LogP contribution is 2.52. The topological polar surface area (TPSA) is 144 Å². The highest BCUT2D eigenvalue weighted by atomic mass is 35.5. The van der Waals surface area contributed by atoms with E-state index in [-0.39, 0.29) is 11.1 Å². The Hall–Kier alpha value is -3.57. The van der Waals surface area contributed by atoms with Crippen molar-refractivity contribution in [3.63, 3.8) is 0 Å². The van der Waals surface area contributed by atoms with Crippen LogP contribution in [0.3, 0.4) is 0 Å². The van der Waals surface area contributed by atoms with Gasteiger partial charge in [-0.25, -0.2) is 14.5 Å². The van der Waals surface area contributed by atoms with Crippen LogP contribution in [0.2, 0.25) is 5.15 Å². The fourth-order valence-corrected chi connectivity index (χ4v) is 5.37. The number of hydrogen-bond acceptors (Lipinski definition) is 8. The highest BCUT2D eigenvalue weighted by Gasteiger charge is 2.51. The van der Waals surface area contributed by atoms with Crippen LogP contribution in [0.15, 0.2) is 36.7 Å². The third-order valence-corrected chi connectivity index (χ3v) is 7.83. The Balaban J connectivity index is 1.25. The Kier molecular flexibility index (Phi) is 6.59. The fraction of sp³-hybridized carbons (Fsp3) is 0.440. The van der Waals surface area contributed by atoms with E-state index in [4.69, 9.17) is 16.3 Å². The number of nitrogens with one attached hydrogen (secondary N) is 2.